The fourth-order valence-electron chi connectivity index (χ4n) is 1.89. The van der Waals surface area contributed by atoms with E-state index in [1.54, 1.807) is 0 Å². The van der Waals surface area contributed by atoms with E-state index in [4.69, 9.17) is 11.6 Å². The Hall–Kier alpha value is -1.58. The van der Waals surface area contributed by atoms with E-state index in [0.717, 1.165) is 31.0 Å². The third kappa shape index (κ3) is 3.00. The summed E-state index contributed by atoms with van der Waals surface area (Å²) >= 11 is 5.95. The zero-order valence-electron chi connectivity index (χ0n) is 10.2. The minimum Gasteiger partial charge on any atom is -0.305 e. The Morgan fingerprint density at radius 2 is 1.94 bits per heavy atom. The van der Waals surface area contributed by atoms with E-state index in [-0.39, 0.29) is 0 Å². The molecule has 0 aromatic carbocycles. The van der Waals surface area contributed by atoms with Crippen LogP contribution in [0.4, 0.5) is 0 Å². The second kappa shape index (κ2) is 5.85. The summed E-state index contributed by atoms with van der Waals surface area (Å²) in [5.41, 5.74) is 1.92. The van der Waals surface area contributed by atoms with Gasteiger partial charge in [-0.1, -0.05) is 23.8 Å². The van der Waals surface area contributed by atoms with Gasteiger partial charge in [0.05, 0.1) is 10.7 Å². The first-order valence-corrected chi connectivity index (χ1v) is 6.18. The lowest BCUT2D eigenvalue weighted by Crippen LogP contribution is -2.23. The first kappa shape index (κ1) is 12.9. The van der Waals surface area contributed by atoms with Crippen molar-refractivity contribution >= 4 is 17.2 Å². The van der Waals surface area contributed by atoms with Crippen molar-refractivity contribution in [3.63, 3.8) is 0 Å². The summed E-state index contributed by atoms with van der Waals surface area (Å²) in [5, 5.41) is 0.709. The average molecular weight is 262 g/mol. The van der Waals surface area contributed by atoms with Crippen LogP contribution < -0.4 is 0 Å². The highest BCUT2D eigenvalue weighted by atomic mass is 35.5. The molecule has 0 fully saturated rings. The molecular formula is C14H16ClN3. The second-order valence-electron chi connectivity index (χ2n) is 4.12. The van der Waals surface area contributed by atoms with Gasteiger partial charge in [-0.2, -0.15) is 0 Å². The van der Waals surface area contributed by atoms with Crippen molar-refractivity contribution in [2.75, 3.05) is 13.1 Å². The molecule has 0 atom stereocenters. The molecule has 0 aliphatic rings. The quantitative estimate of drug-likeness (QED) is 0.745. The van der Waals surface area contributed by atoms with Gasteiger partial charge in [0.15, 0.2) is 0 Å². The third-order valence-corrected chi connectivity index (χ3v) is 2.85. The number of imidazole rings is 1. The SMILES string of the molecule is C=CCN(CC=C)Cc1cn2cc(Cl)ccc2n1. The van der Waals surface area contributed by atoms with E-state index in [1.807, 2.05) is 41.1 Å². The van der Waals surface area contributed by atoms with Crippen LogP contribution in [0.2, 0.25) is 5.02 Å². The molecule has 0 saturated carbocycles. The Morgan fingerprint density at radius 3 is 2.61 bits per heavy atom. The van der Waals surface area contributed by atoms with E-state index in [2.05, 4.69) is 23.0 Å². The van der Waals surface area contributed by atoms with Crippen LogP contribution in [0.1, 0.15) is 5.69 Å². The molecule has 0 unspecified atom stereocenters. The molecule has 0 spiro atoms. The van der Waals surface area contributed by atoms with Crippen molar-refractivity contribution < 1.29 is 0 Å². The summed E-state index contributed by atoms with van der Waals surface area (Å²) in [4.78, 5) is 6.76. The predicted molar refractivity (Wildman–Crippen MR) is 75.9 cm³/mol. The van der Waals surface area contributed by atoms with E-state index >= 15 is 0 Å². The molecule has 0 N–H and O–H groups in total. The van der Waals surface area contributed by atoms with Crippen LogP contribution in [0.15, 0.2) is 49.8 Å². The van der Waals surface area contributed by atoms with E-state index in [0.29, 0.717) is 5.02 Å². The normalized spacial score (nSPS) is 11.0. The molecular weight excluding hydrogens is 246 g/mol. The maximum Gasteiger partial charge on any atom is 0.137 e. The van der Waals surface area contributed by atoms with Crippen molar-refractivity contribution in [1.29, 1.82) is 0 Å². The molecule has 0 bridgehead atoms. The highest BCUT2D eigenvalue weighted by Gasteiger charge is 2.06. The van der Waals surface area contributed by atoms with Crippen molar-refractivity contribution in [2.24, 2.45) is 0 Å². The van der Waals surface area contributed by atoms with Crippen molar-refractivity contribution in [1.82, 2.24) is 14.3 Å². The van der Waals surface area contributed by atoms with Crippen LogP contribution in [-0.4, -0.2) is 27.4 Å². The number of halogens is 1. The maximum absolute atomic E-state index is 5.95. The van der Waals surface area contributed by atoms with E-state index < -0.39 is 0 Å². The van der Waals surface area contributed by atoms with Crippen molar-refractivity contribution in [2.45, 2.75) is 6.54 Å². The van der Waals surface area contributed by atoms with Gasteiger partial charge in [-0.25, -0.2) is 4.98 Å². The van der Waals surface area contributed by atoms with Crippen LogP contribution in [0.25, 0.3) is 5.65 Å². The summed E-state index contributed by atoms with van der Waals surface area (Å²) in [6.45, 7) is 9.93. The first-order chi connectivity index (χ1) is 8.72. The zero-order valence-corrected chi connectivity index (χ0v) is 11.0. The smallest absolute Gasteiger partial charge is 0.137 e. The summed E-state index contributed by atoms with van der Waals surface area (Å²) in [7, 11) is 0. The molecule has 4 heteroatoms. The van der Waals surface area contributed by atoms with Crippen molar-refractivity contribution in [3.05, 3.63) is 60.6 Å². The lowest BCUT2D eigenvalue weighted by Gasteiger charge is -2.16. The lowest BCUT2D eigenvalue weighted by atomic mass is 10.4. The number of hydrogen-bond acceptors (Lipinski definition) is 2. The second-order valence-corrected chi connectivity index (χ2v) is 4.55. The number of pyridine rings is 1. The molecule has 2 aromatic heterocycles. The topological polar surface area (TPSA) is 20.5 Å². The van der Waals surface area contributed by atoms with Crippen LogP contribution in [0, 0.1) is 0 Å². The highest BCUT2D eigenvalue weighted by molar-refractivity contribution is 6.30. The molecule has 0 aliphatic heterocycles. The molecule has 0 radical (unpaired) electrons. The molecule has 3 nitrogen and oxygen atoms in total. The van der Waals surface area contributed by atoms with Gasteiger partial charge in [-0.05, 0) is 12.1 Å². The number of aromatic nitrogens is 2. The highest BCUT2D eigenvalue weighted by Crippen LogP contribution is 2.12. The molecule has 0 saturated heterocycles. The molecule has 18 heavy (non-hydrogen) atoms. The van der Waals surface area contributed by atoms with Crippen molar-refractivity contribution in [3.8, 4) is 0 Å². The van der Waals surface area contributed by atoms with Gasteiger partial charge in [0.2, 0.25) is 0 Å². The largest absolute Gasteiger partial charge is 0.305 e. The van der Waals surface area contributed by atoms with Gasteiger partial charge in [-0.15, -0.1) is 13.2 Å². The summed E-state index contributed by atoms with van der Waals surface area (Å²) in [6, 6.07) is 3.76. The molecule has 0 aliphatic carbocycles. The van der Waals surface area contributed by atoms with E-state index in [9.17, 15) is 0 Å². The minimum atomic E-state index is 0.709. The summed E-state index contributed by atoms with van der Waals surface area (Å²) < 4.78 is 1.94. The van der Waals surface area contributed by atoms with Gasteiger partial charge in [0.25, 0.3) is 0 Å². The van der Waals surface area contributed by atoms with Gasteiger partial charge < -0.3 is 4.40 Å². The van der Waals surface area contributed by atoms with Crippen LogP contribution in [0.5, 0.6) is 0 Å². The minimum absolute atomic E-state index is 0.709. The number of hydrogen-bond donors (Lipinski definition) is 0. The Bertz CT molecular complexity index is 549. The average Bonchev–Trinajstić information content (AvgIpc) is 2.71. The molecule has 2 aromatic rings. The molecule has 0 amide bonds. The molecule has 94 valence electrons. The zero-order chi connectivity index (χ0) is 13.0. The van der Waals surface area contributed by atoms with E-state index in [1.165, 1.54) is 0 Å². The fourth-order valence-corrected chi connectivity index (χ4v) is 2.06. The summed E-state index contributed by atoms with van der Waals surface area (Å²) in [5.74, 6) is 0. The Morgan fingerprint density at radius 1 is 1.22 bits per heavy atom. The van der Waals surface area contributed by atoms with Crippen LogP contribution in [0.3, 0.4) is 0 Å². The Kier molecular flexibility index (Phi) is 4.18. The molecule has 2 rings (SSSR count). The summed E-state index contributed by atoms with van der Waals surface area (Å²) in [6.07, 6.45) is 7.63. The predicted octanol–water partition coefficient (Wildman–Crippen LogP) is 3.16. The van der Waals surface area contributed by atoms with Gasteiger partial charge >= 0.3 is 0 Å². The Labute approximate surface area is 112 Å². The molecule has 2 heterocycles. The monoisotopic (exact) mass is 261 g/mol. The third-order valence-electron chi connectivity index (χ3n) is 2.63. The maximum atomic E-state index is 5.95. The van der Waals surface area contributed by atoms with Gasteiger partial charge in [0, 0.05) is 32.0 Å². The number of fused-ring (bicyclic) bond motifs is 1. The van der Waals surface area contributed by atoms with Gasteiger partial charge in [0.1, 0.15) is 5.65 Å². The standard InChI is InChI=1S/C14H16ClN3/c1-3-7-17(8-4-2)10-13-11-18-9-12(15)5-6-14(18)16-13/h3-6,9,11H,1-2,7-8,10H2. The number of nitrogens with zero attached hydrogens (tertiary/aromatic N) is 3. The number of rotatable bonds is 6. The Balaban J connectivity index is 2.19. The fraction of sp³-hybridized carbons (Fsp3) is 0.214. The van der Waals surface area contributed by atoms with Gasteiger partial charge in [-0.3, -0.25) is 4.90 Å². The lowest BCUT2D eigenvalue weighted by molar-refractivity contribution is 0.324. The first-order valence-electron chi connectivity index (χ1n) is 5.80. The van der Waals surface area contributed by atoms with Crippen LogP contribution >= 0.6 is 11.6 Å². The van der Waals surface area contributed by atoms with Crippen LogP contribution in [-0.2, 0) is 6.54 Å².